The number of aromatic amines is 1. The maximum absolute atomic E-state index is 5.37. The molecule has 0 bridgehead atoms. The minimum atomic E-state index is 0. The zero-order chi connectivity index (χ0) is 20.6. The molecular formula is C23H31IN4O2. The van der Waals surface area contributed by atoms with Crippen LogP contribution in [0.1, 0.15) is 16.7 Å². The Labute approximate surface area is 195 Å². The average molecular weight is 522 g/mol. The first-order valence-electron chi connectivity index (χ1n) is 9.87. The fourth-order valence-electron chi connectivity index (χ4n) is 3.47. The smallest absolute Gasteiger partial charge is 0.190 e. The van der Waals surface area contributed by atoms with Crippen molar-refractivity contribution in [3.63, 3.8) is 0 Å². The van der Waals surface area contributed by atoms with Crippen LogP contribution in [-0.4, -0.2) is 45.3 Å². The van der Waals surface area contributed by atoms with Crippen molar-refractivity contribution in [3.05, 3.63) is 59.3 Å². The van der Waals surface area contributed by atoms with Gasteiger partial charge in [0.1, 0.15) is 0 Å². The molecule has 162 valence electrons. The molecule has 3 aromatic rings. The molecule has 3 N–H and O–H groups in total. The highest BCUT2D eigenvalue weighted by molar-refractivity contribution is 14.0. The number of fused-ring (bicyclic) bond motifs is 1. The number of nitrogens with one attached hydrogen (secondary N) is 3. The van der Waals surface area contributed by atoms with E-state index < -0.39 is 0 Å². The summed E-state index contributed by atoms with van der Waals surface area (Å²) in [6, 6.07) is 12.4. The number of benzene rings is 2. The van der Waals surface area contributed by atoms with Crippen molar-refractivity contribution >= 4 is 40.8 Å². The lowest BCUT2D eigenvalue weighted by Crippen LogP contribution is -2.39. The van der Waals surface area contributed by atoms with Crippen LogP contribution in [0.4, 0.5) is 0 Å². The fraction of sp³-hybridized carbons (Fsp3) is 0.348. The van der Waals surface area contributed by atoms with Crippen LogP contribution in [0.25, 0.3) is 10.9 Å². The summed E-state index contributed by atoms with van der Waals surface area (Å²) in [4.78, 5) is 7.70. The first kappa shape index (κ1) is 23.9. The van der Waals surface area contributed by atoms with Crippen LogP contribution in [0.2, 0.25) is 0 Å². The van der Waals surface area contributed by atoms with E-state index in [2.05, 4.69) is 58.0 Å². The SMILES string of the molecule is CN=C(NCCc1ccc(OC)c(OC)c1)NCCc1c[nH]c2c(C)cccc12.I. The highest BCUT2D eigenvalue weighted by Gasteiger charge is 2.07. The number of ether oxygens (including phenoxy) is 2. The number of methoxy groups -OCH3 is 2. The van der Waals surface area contributed by atoms with Crippen LogP contribution < -0.4 is 20.1 Å². The zero-order valence-corrected chi connectivity index (χ0v) is 20.4. The van der Waals surface area contributed by atoms with Crippen molar-refractivity contribution < 1.29 is 9.47 Å². The minimum absolute atomic E-state index is 0. The molecule has 3 rings (SSSR count). The molecule has 30 heavy (non-hydrogen) atoms. The molecular weight excluding hydrogens is 491 g/mol. The number of guanidine groups is 1. The average Bonchev–Trinajstić information content (AvgIpc) is 3.17. The molecule has 0 spiro atoms. The van der Waals surface area contributed by atoms with Gasteiger partial charge in [0.15, 0.2) is 17.5 Å². The minimum Gasteiger partial charge on any atom is -0.493 e. The van der Waals surface area contributed by atoms with Crippen LogP contribution in [0.15, 0.2) is 47.6 Å². The number of nitrogens with zero attached hydrogens (tertiary/aromatic N) is 1. The van der Waals surface area contributed by atoms with Gasteiger partial charge in [0, 0.05) is 37.2 Å². The van der Waals surface area contributed by atoms with Gasteiger partial charge in [-0.1, -0.05) is 24.3 Å². The molecule has 7 heteroatoms. The van der Waals surface area contributed by atoms with Crippen molar-refractivity contribution in [2.24, 2.45) is 4.99 Å². The molecule has 0 saturated carbocycles. The molecule has 0 radical (unpaired) electrons. The van der Waals surface area contributed by atoms with Gasteiger partial charge < -0.3 is 25.1 Å². The first-order valence-corrected chi connectivity index (χ1v) is 9.87. The number of H-pyrrole nitrogens is 1. The predicted octanol–water partition coefficient (Wildman–Crippen LogP) is 4.06. The molecule has 0 aliphatic rings. The second-order valence-electron chi connectivity index (χ2n) is 6.93. The number of aliphatic imine (C=N–C) groups is 1. The quantitative estimate of drug-likeness (QED) is 0.237. The third-order valence-electron chi connectivity index (χ3n) is 5.07. The summed E-state index contributed by atoms with van der Waals surface area (Å²) >= 11 is 0. The van der Waals surface area contributed by atoms with E-state index in [1.165, 1.54) is 27.6 Å². The van der Waals surface area contributed by atoms with Crippen LogP contribution in [0.3, 0.4) is 0 Å². The molecule has 0 amide bonds. The van der Waals surface area contributed by atoms with Gasteiger partial charge in [-0.3, -0.25) is 4.99 Å². The van der Waals surface area contributed by atoms with E-state index in [0.717, 1.165) is 43.4 Å². The van der Waals surface area contributed by atoms with Crippen molar-refractivity contribution in [1.29, 1.82) is 0 Å². The molecule has 0 aliphatic heterocycles. The summed E-state index contributed by atoms with van der Waals surface area (Å²) in [5.74, 6) is 2.30. The van der Waals surface area contributed by atoms with Gasteiger partial charge in [-0.05, 0) is 48.6 Å². The normalized spacial score (nSPS) is 11.1. The molecule has 0 saturated heterocycles. The Balaban J connectivity index is 0.00000320. The van der Waals surface area contributed by atoms with Crippen LogP contribution in [0, 0.1) is 6.92 Å². The lowest BCUT2D eigenvalue weighted by Gasteiger charge is -2.13. The Morgan fingerprint density at radius 1 is 1.00 bits per heavy atom. The number of rotatable bonds is 8. The number of hydrogen-bond donors (Lipinski definition) is 3. The lowest BCUT2D eigenvalue weighted by atomic mass is 10.1. The van der Waals surface area contributed by atoms with Gasteiger partial charge in [0.25, 0.3) is 0 Å². The highest BCUT2D eigenvalue weighted by Crippen LogP contribution is 2.27. The van der Waals surface area contributed by atoms with Gasteiger partial charge >= 0.3 is 0 Å². The molecule has 6 nitrogen and oxygen atoms in total. The topological polar surface area (TPSA) is 70.7 Å². The third-order valence-corrected chi connectivity index (χ3v) is 5.07. The Bertz CT molecular complexity index is 984. The predicted molar refractivity (Wildman–Crippen MR) is 135 cm³/mol. The van der Waals surface area contributed by atoms with Crippen molar-refractivity contribution in [1.82, 2.24) is 15.6 Å². The standard InChI is InChI=1S/C23H30N4O2.HI/c1-16-6-5-7-19-18(15-27-22(16)19)11-13-26-23(24-2)25-12-10-17-8-9-20(28-3)21(14-17)29-4;/h5-9,14-15,27H,10-13H2,1-4H3,(H2,24,25,26);1H. The monoisotopic (exact) mass is 522 g/mol. The summed E-state index contributed by atoms with van der Waals surface area (Å²) in [5, 5.41) is 8.06. The van der Waals surface area contributed by atoms with E-state index in [4.69, 9.17) is 9.47 Å². The number of para-hydroxylation sites is 1. The number of aromatic nitrogens is 1. The number of aryl methyl sites for hydroxylation is 1. The molecule has 0 fully saturated rings. The maximum Gasteiger partial charge on any atom is 0.190 e. The zero-order valence-electron chi connectivity index (χ0n) is 18.0. The Kier molecular flexibility index (Phi) is 9.29. The van der Waals surface area contributed by atoms with Gasteiger partial charge in [-0.2, -0.15) is 0 Å². The second-order valence-corrected chi connectivity index (χ2v) is 6.93. The second kappa shape index (κ2) is 11.7. The van der Waals surface area contributed by atoms with E-state index in [1.807, 2.05) is 12.1 Å². The fourth-order valence-corrected chi connectivity index (χ4v) is 3.47. The molecule has 0 aliphatic carbocycles. The molecule has 1 aromatic heterocycles. The van der Waals surface area contributed by atoms with E-state index in [9.17, 15) is 0 Å². The van der Waals surface area contributed by atoms with Crippen LogP contribution in [-0.2, 0) is 12.8 Å². The Hall–Kier alpha value is -2.42. The largest absolute Gasteiger partial charge is 0.493 e. The third kappa shape index (κ3) is 5.81. The van der Waals surface area contributed by atoms with Crippen molar-refractivity contribution in [3.8, 4) is 11.5 Å². The first-order chi connectivity index (χ1) is 14.2. The Morgan fingerprint density at radius 3 is 2.43 bits per heavy atom. The van der Waals surface area contributed by atoms with Crippen LogP contribution in [0.5, 0.6) is 11.5 Å². The summed E-state index contributed by atoms with van der Waals surface area (Å²) in [6.45, 7) is 3.73. The molecule has 0 atom stereocenters. The maximum atomic E-state index is 5.37. The van der Waals surface area contributed by atoms with E-state index in [1.54, 1.807) is 21.3 Å². The van der Waals surface area contributed by atoms with Crippen molar-refractivity contribution in [2.75, 3.05) is 34.4 Å². The highest BCUT2D eigenvalue weighted by atomic mass is 127. The summed E-state index contributed by atoms with van der Waals surface area (Å²) < 4.78 is 10.7. The Morgan fingerprint density at radius 2 is 1.73 bits per heavy atom. The van der Waals surface area contributed by atoms with Gasteiger partial charge in [-0.25, -0.2) is 0 Å². The van der Waals surface area contributed by atoms with Gasteiger partial charge in [-0.15, -0.1) is 24.0 Å². The number of halogens is 1. The van der Waals surface area contributed by atoms with Gasteiger partial charge in [0.2, 0.25) is 0 Å². The summed E-state index contributed by atoms with van der Waals surface area (Å²) in [5.41, 5.74) is 4.99. The number of hydrogen-bond acceptors (Lipinski definition) is 3. The van der Waals surface area contributed by atoms with E-state index in [0.29, 0.717) is 0 Å². The van der Waals surface area contributed by atoms with Crippen molar-refractivity contribution in [2.45, 2.75) is 19.8 Å². The summed E-state index contributed by atoms with van der Waals surface area (Å²) in [7, 11) is 5.09. The molecule has 0 unspecified atom stereocenters. The van der Waals surface area contributed by atoms with E-state index >= 15 is 0 Å². The lowest BCUT2D eigenvalue weighted by molar-refractivity contribution is 0.354. The summed E-state index contributed by atoms with van der Waals surface area (Å²) in [6.07, 6.45) is 3.90. The van der Waals surface area contributed by atoms with Crippen LogP contribution >= 0.6 is 24.0 Å². The molecule has 1 heterocycles. The van der Waals surface area contributed by atoms with Gasteiger partial charge in [0.05, 0.1) is 14.2 Å². The van der Waals surface area contributed by atoms with E-state index in [-0.39, 0.29) is 24.0 Å². The molecule has 2 aromatic carbocycles.